The molecule has 0 aromatic heterocycles. The molecule has 0 aromatic rings. The molecular weight excluding hydrogens is 344 g/mol. The zero-order valence-corrected chi connectivity index (χ0v) is 15.8. The normalized spacial score (nSPS) is 21.3. The van der Waals surface area contributed by atoms with Gasteiger partial charge in [-0.2, -0.15) is 10.5 Å². The van der Waals surface area contributed by atoms with Crippen LogP contribution >= 0.6 is 0 Å². The number of nitrogens with zero attached hydrogens (tertiary/aromatic N) is 2. The predicted molar refractivity (Wildman–Crippen MR) is 97.3 cm³/mol. The van der Waals surface area contributed by atoms with Gasteiger partial charge in [0.2, 0.25) is 0 Å². The lowest BCUT2D eigenvalue weighted by Crippen LogP contribution is -2.38. The van der Waals surface area contributed by atoms with Crippen molar-refractivity contribution in [1.29, 1.82) is 10.5 Å². The van der Waals surface area contributed by atoms with E-state index in [-0.39, 0.29) is 36.8 Å². The molecule has 0 N–H and O–H groups in total. The van der Waals surface area contributed by atoms with Crippen LogP contribution in [0.5, 0.6) is 0 Å². The van der Waals surface area contributed by atoms with Gasteiger partial charge in [0.25, 0.3) is 0 Å². The average Bonchev–Trinajstić information content (AvgIpc) is 2.65. The minimum atomic E-state index is -1.32. The molecule has 27 heavy (non-hydrogen) atoms. The zero-order chi connectivity index (χ0) is 20.3. The third-order valence-electron chi connectivity index (χ3n) is 4.72. The minimum Gasteiger partial charge on any atom is -0.466 e. The van der Waals surface area contributed by atoms with Gasteiger partial charge in [0.05, 0.1) is 24.7 Å². The Morgan fingerprint density at radius 2 is 1.93 bits per heavy atom. The van der Waals surface area contributed by atoms with Crippen LogP contribution < -0.4 is 0 Å². The van der Waals surface area contributed by atoms with Gasteiger partial charge >= 0.3 is 11.9 Å². The Hall–Kier alpha value is -3.00. The first-order chi connectivity index (χ1) is 12.9. The lowest BCUT2D eigenvalue weighted by Gasteiger charge is -2.38. The van der Waals surface area contributed by atoms with Crippen molar-refractivity contribution in [2.24, 2.45) is 23.2 Å². The fraction of sp³-hybridized carbons (Fsp3) is 0.571. The van der Waals surface area contributed by atoms with E-state index in [2.05, 4.69) is 36.3 Å². The highest BCUT2D eigenvalue weighted by Crippen LogP contribution is 2.46. The number of allylic oxidation sites excluding steroid dienone is 1. The number of hydrogen-bond acceptors (Lipinski definition) is 6. The fourth-order valence-corrected chi connectivity index (χ4v) is 3.42. The van der Waals surface area contributed by atoms with Crippen molar-refractivity contribution < 1.29 is 19.1 Å². The van der Waals surface area contributed by atoms with Crippen LogP contribution in [0, 0.1) is 57.7 Å². The quantitative estimate of drug-likeness (QED) is 0.406. The number of carbonyl (C=O) groups excluding carboxylic acids is 2. The standard InChI is InChI=1S/C21H24N2O4/c1-4-8-17-13-18(20(25)26-5-2)9-10-19(17)21(14-22,15-23)11-6-7-12-27-16(3)24/h8,17-19H,1,5,9-13H2,2-3H3/t17?,18-,19?/m0/s1. The molecule has 0 heterocycles. The topological polar surface area (TPSA) is 100 Å². The summed E-state index contributed by atoms with van der Waals surface area (Å²) in [6.07, 6.45) is 3.33. The third-order valence-corrected chi connectivity index (χ3v) is 4.72. The maximum absolute atomic E-state index is 12.1. The van der Waals surface area contributed by atoms with Crippen LogP contribution in [-0.2, 0) is 19.1 Å². The molecule has 1 aliphatic carbocycles. The Morgan fingerprint density at radius 3 is 2.48 bits per heavy atom. The largest absolute Gasteiger partial charge is 0.466 e. The van der Waals surface area contributed by atoms with E-state index >= 15 is 0 Å². The smallest absolute Gasteiger partial charge is 0.308 e. The van der Waals surface area contributed by atoms with E-state index in [1.54, 1.807) is 13.0 Å². The first kappa shape index (κ1) is 22.0. The highest BCUT2D eigenvalue weighted by Gasteiger charge is 2.46. The van der Waals surface area contributed by atoms with Crippen molar-refractivity contribution in [3.8, 4) is 24.0 Å². The Balaban J connectivity index is 3.00. The third kappa shape index (κ3) is 6.03. The van der Waals surface area contributed by atoms with Gasteiger partial charge in [-0.05, 0) is 44.1 Å². The lowest BCUT2D eigenvalue weighted by atomic mass is 9.61. The first-order valence-corrected chi connectivity index (χ1v) is 8.88. The Bertz CT molecular complexity index is 727. The number of carbonyl (C=O) groups is 2. The number of ether oxygens (including phenoxy) is 2. The molecule has 3 atom stereocenters. The van der Waals surface area contributed by atoms with Crippen LogP contribution in [-0.4, -0.2) is 25.2 Å². The second-order valence-corrected chi connectivity index (χ2v) is 6.41. The summed E-state index contributed by atoms with van der Waals surface area (Å²) in [5.74, 6) is 4.00. The summed E-state index contributed by atoms with van der Waals surface area (Å²) in [6.45, 7) is 6.88. The molecule has 2 unspecified atom stereocenters. The van der Waals surface area contributed by atoms with Gasteiger partial charge in [0.15, 0.2) is 12.0 Å². The predicted octanol–water partition coefficient (Wildman–Crippen LogP) is 2.91. The molecule has 1 rings (SSSR count). The van der Waals surface area contributed by atoms with E-state index in [9.17, 15) is 20.1 Å². The fourth-order valence-electron chi connectivity index (χ4n) is 3.42. The van der Waals surface area contributed by atoms with Gasteiger partial charge in [0, 0.05) is 13.3 Å². The van der Waals surface area contributed by atoms with Crippen molar-refractivity contribution in [1.82, 2.24) is 0 Å². The van der Waals surface area contributed by atoms with Crippen molar-refractivity contribution in [3.05, 3.63) is 18.4 Å². The number of nitriles is 2. The van der Waals surface area contributed by atoms with Gasteiger partial charge < -0.3 is 9.47 Å². The molecule has 142 valence electrons. The summed E-state index contributed by atoms with van der Waals surface area (Å²) < 4.78 is 9.85. The maximum atomic E-state index is 12.1. The van der Waals surface area contributed by atoms with E-state index in [1.807, 2.05) is 0 Å². The molecule has 0 saturated heterocycles. The minimum absolute atomic E-state index is 0.0392. The molecular formula is C21H24N2O4. The summed E-state index contributed by atoms with van der Waals surface area (Å²) in [5, 5.41) is 19.5. The molecule has 1 saturated carbocycles. The van der Waals surface area contributed by atoms with Gasteiger partial charge in [-0.25, -0.2) is 0 Å². The average molecular weight is 368 g/mol. The van der Waals surface area contributed by atoms with E-state index in [0.29, 0.717) is 25.9 Å². The monoisotopic (exact) mass is 368 g/mol. The molecule has 0 radical (unpaired) electrons. The Morgan fingerprint density at radius 1 is 1.22 bits per heavy atom. The van der Waals surface area contributed by atoms with E-state index in [1.165, 1.54) is 6.92 Å². The molecule has 0 bridgehead atoms. The van der Waals surface area contributed by atoms with E-state index in [4.69, 9.17) is 9.47 Å². The molecule has 1 fully saturated rings. The van der Waals surface area contributed by atoms with Crippen molar-refractivity contribution >= 4 is 11.9 Å². The SMILES string of the molecule is C=C=CC1C[C@@H](C(=O)OCC)CCC1C(C#N)(C#N)CC#CCOC(C)=O. The maximum Gasteiger partial charge on any atom is 0.308 e. The zero-order valence-electron chi connectivity index (χ0n) is 15.8. The van der Waals surface area contributed by atoms with Crippen LogP contribution in [0.4, 0.5) is 0 Å². The number of esters is 2. The summed E-state index contributed by atoms with van der Waals surface area (Å²) in [6, 6.07) is 4.27. The van der Waals surface area contributed by atoms with Crippen molar-refractivity contribution in [3.63, 3.8) is 0 Å². The summed E-state index contributed by atoms with van der Waals surface area (Å²) in [4.78, 5) is 22.8. The Labute approximate surface area is 160 Å². The molecule has 0 spiro atoms. The van der Waals surface area contributed by atoms with Gasteiger partial charge in [-0.3, -0.25) is 9.59 Å². The summed E-state index contributed by atoms with van der Waals surface area (Å²) in [5.41, 5.74) is 1.41. The highest BCUT2D eigenvalue weighted by molar-refractivity contribution is 5.72. The summed E-state index contributed by atoms with van der Waals surface area (Å²) >= 11 is 0. The summed E-state index contributed by atoms with van der Waals surface area (Å²) in [7, 11) is 0. The highest BCUT2D eigenvalue weighted by atomic mass is 16.5. The molecule has 6 nitrogen and oxygen atoms in total. The van der Waals surface area contributed by atoms with Crippen LogP contribution in [0.1, 0.15) is 39.5 Å². The second-order valence-electron chi connectivity index (χ2n) is 6.41. The van der Waals surface area contributed by atoms with Crippen molar-refractivity contribution in [2.75, 3.05) is 13.2 Å². The van der Waals surface area contributed by atoms with Crippen LogP contribution in [0.3, 0.4) is 0 Å². The van der Waals surface area contributed by atoms with Crippen molar-refractivity contribution in [2.45, 2.75) is 39.5 Å². The second kappa shape index (κ2) is 10.9. The first-order valence-electron chi connectivity index (χ1n) is 8.88. The van der Waals surface area contributed by atoms with E-state index < -0.39 is 11.4 Å². The van der Waals surface area contributed by atoms with Crippen LogP contribution in [0.15, 0.2) is 18.4 Å². The molecule has 1 aliphatic rings. The molecule has 0 amide bonds. The van der Waals surface area contributed by atoms with Crippen LogP contribution in [0.2, 0.25) is 0 Å². The van der Waals surface area contributed by atoms with Gasteiger partial charge in [0.1, 0.15) is 0 Å². The van der Waals surface area contributed by atoms with Gasteiger partial charge in [-0.15, -0.1) is 5.73 Å². The van der Waals surface area contributed by atoms with Gasteiger partial charge in [-0.1, -0.05) is 18.4 Å². The number of rotatable bonds is 6. The molecule has 0 aromatic carbocycles. The van der Waals surface area contributed by atoms with Crippen LogP contribution in [0.25, 0.3) is 0 Å². The molecule has 0 aliphatic heterocycles. The van der Waals surface area contributed by atoms with E-state index in [0.717, 1.165) is 0 Å². The number of hydrogen-bond donors (Lipinski definition) is 0. The lowest BCUT2D eigenvalue weighted by molar-refractivity contribution is -0.150. The molecule has 6 heteroatoms. The Kier molecular flexibility index (Phi) is 8.87.